The Morgan fingerprint density at radius 1 is 1.14 bits per heavy atom. The second-order valence-corrected chi connectivity index (χ2v) is 10.3. The SMILES string of the molecule is Cc1ccc(S(=O)(=O)N(C)CC(=O)NCC2(N3CCOCC3)CCCCC2)cc1. The number of morpholine rings is 1. The van der Waals surface area contributed by atoms with E-state index in [1.54, 1.807) is 24.3 Å². The summed E-state index contributed by atoms with van der Waals surface area (Å²) >= 11 is 0. The fourth-order valence-corrected chi connectivity index (χ4v) is 5.48. The molecule has 2 aliphatic rings. The van der Waals surface area contributed by atoms with E-state index in [2.05, 4.69) is 10.2 Å². The molecule has 0 bridgehead atoms. The lowest BCUT2D eigenvalue weighted by atomic mass is 9.79. The van der Waals surface area contributed by atoms with Gasteiger partial charge in [0.15, 0.2) is 0 Å². The number of likely N-dealkylation sites (N-methyl/N-ethyl adjacent to an activating group) is 1. The topological polar surface area (TPSA) is 79.0 Å². The molecule has 2 fully saturated rings. The van der Waals surface area contributed by atoms with Crippen LogP contribution in [0.25, 0.3) is 0 Å². The largest absolute Gasteiger partial charge is 0.379 e. The minimum absolute atomic E-state index is 0.0356. The van der Waals surface area contributed by atoms with Crippen LogP contribution >= 0.6 is 0 Å². The molecule has 1 aromatic carbocycles. The van der Waals surface area contributed by atoms with E-state index < -0.39 is 10.0 Å². The number of hydrogen-bond acceptors (Lipinski definition) is 5. The summed E-state index contributed by atoms with van der Waals surface area (Å²) < 4.78 is 32.1. The maximum atomic E-state index is 12.7. The normalized spacial score (nSPS) is 20.5. The van der Waals surface area contributed by atoms with Crippen molar-refractivity contribution in [2.24, 2.45) is 0 Å². The van der Waals surface area contributed by atoms with Gasteiger partial charge >= 0.3 is 0 Å². The predicted molar refractivity (Wildman–Crippen MR) is 112 cm³/mol. The van der Waals surface area contributed by atoms with Gasteiger partial charge in [-0.2, -0.15) is 4.31 Å². The summed E-state index contributed by atoms with van der Waals surface area (Å²) in [4.78, 5) is 15.3. The molecule has 7 nitrogen and oxygen atoms in total. The number of carbonyl (C=O) groups is 1. The quantitative estimate of drug-likeness (QED) is 0.723. The fourth-order valence-electron chi connectivity index (χ4n) is 4.35. The molecule has 1 aliphatic carbocycles. The molecule has 0 spiro atoms. The van der Waals surface area contributed by atoms with E-state index in [-0.39, 0.29) is 22.9 Å². The number of aryl methyl sites for hydroxylation is 1. The smallest absolute Gasteiger partial charge is 0.243 e. The zero-order valence-electron chi connectivity index (χ0n) is 17.5. The first-order chi connectivity index (χ1) is 13.8. The molecule has 3 rings (SSSR count). The molecule has 1 saturated heterocycles. The molecule has 1 N–H and O–H groups in total. The molecule has 0 radical (unpaired) electrons. The molecule has 1 heterocycles. The van der Waals surface area contributed by atoms with Gasteiger partial charge in [-0.1, -0.05) is 37.0 Å². The zero-order valence-corrected chi connectivity index (χ0v) is 18.3. The molecular formula is C21H33N3O4S. The predicted octanol–water partition coefficient (Wildman–Crippen LogP) is 1.77. The average molecular weight is 424 g/mol. The number of ether oxygens (including phenoxy) is 1. The average Bonchev–Trinajstić information content (AvgIpc) is 2.74. The Hall–Kier alpha value is -1.48. The Labute approximate surface area is 174 Å². The van der Waals surface area contributed by atoms with Crippen molar-refractivity contribution in [1.29, 1.82) is 0 Å². The number of nitrogens with zero attached hydrogens (tertiary/aromatic N) is 2. The van der Waals surface area contributed by atoms with Crippen LogP contribution in [0.5, 0.6) is 0 Å². The van der Waals surface area contributed by atoms with Gasteiger partial charge in [-0.15, -0.1) is 0 Å². The summed E-state index contributed by atoms with van der Waals surface area (Å²) in [5.41, 5.74) is 0.955. The number of carbonyl (C=O) groups excluding carboxylic acids is 1. The highest BCUT2D eigenvalue weighted by atomic mass is 32.2. The number of nitrogens with one attached hydrogen (secondary N) is 1. The summed E-state index contributed by atoms with van der Waals surface area (Å²) in [7, 11) is -2.23. The van der Waals surface area contributed by atoms with Crippen LogP contribution in [0.2, 0.25) is 0 Å². The van der Waals surface area contributed by atoms with Crippen molar-refractivity contribution in [2.75, 3.05) is 46.4 Å². The van der Waals surface area contributed by atoms with Gasteiger partial charge in [0.1, 0.15) is 0 Å². The first-order valence-corrected chi connectivity index (χ1v) is 11.9. The van der Waals surface area contributed by atoms with Gasteiger partial charge in [0, 0.05) is 32.2 Å². The summed E-state index contributed by atoms with van der Waals surface area (Å²) in [5, 5.41) is 3.03. The lowest BCUT2D eigenvalue weighted by Crippen LogP contribution is -2.60. The fraction of sp³-hybridized carbons (Fsp3) is 0.667. The van der Waals surface area contributed by atoms with Crippen molar-refractivity contribution in [2.45, 2.75) is 49.5 Å². The molecule has 1 aliphatic heterocycles. The first-order valence-electron chi connectivity index (χ1n) is 10.5. The van der Waals surface area contributed by atoms with Crippen LogP contribution in [-0.2, 0) is 19.6 Å². The summed E-state index contributed by atoms with van der Waals surface area (Å²) in [6.45, 7) is 5.51. The van der Waals surface area contributed by atoms with Crippen LogP contribution in [0.3, 0.4) is 0 Å². The van der Waals surface area contributed by atoms with Crippen molar-refractivity contribution in [3.05, 3.63) is 29.8 Å². The molecule has 29 heavy (non-hydrogen) atoms. The molecule has 0 unspecified atom stereocenters. The van der Waals surface area contributed by atoms with E-state index in [4.69, 9.17) is 4.74 Å². The Kier molecular flexibility index (Phi) is 7.32. The summed E-state index contributed by atoms with van der Waals surface area (Å²) in [5.74, 6) is -0.263. The van der Waals surface area contributed by atoms with E-state index in [0.717, 1.165) is 61.9 Å². The molecule has 8 heteroatoms. The van der Waals surface area contributed by atoms with Crippen LogP contribution < -0.4 is 5.32 Å². The van der Waals surface area contributed by atoms with Crippen LogP contribution in [0.4, 0.5) is 0 Å². The second kappa shape index (κ2) is 9.55. The third-order valence-corrected chi connectivity index (χ3v) is 7.99. The summed E-state index contributed by atoms with van der Waals surface area (Å²) in [6, 6.07) is 6.68. The Bertz CT molecular complexity index is 783. The molecule has 1 aromatic rings. The summed E-state index contributed by atoms with van der Waals surface area (Å²) in [6.07, 6.45) is 5.68. The standard InChI is InChI=1S/C21H33N3O4S/c1-18-6-8-19(9-7-18)29(26,27)23(2)16-20(25)22-17-21(10-4-3-5-11-21)24-12-14-28-15-13-24/h6-9H,3-5,10-17H2,1-2H3,(H,22,25). The third kappa shape index (κ3) is 5.36. The van der Waals surface area contributed by atoms with Crippen LogP contribution in [0, 0.1) is 6.92 Å². The monoisotopic (exact) mass is 423 g/mol. The highest BCUT2D eigenvalue weighted by Gasteiger charge is 2.39. The van der Waals surface area contributed by atoms with E-state index >= 15 is 0 Å². The van der Waals surface area contributed by atoms with Gasteiger partial charge in [-0.3, -0.25) is 9.69 Å². The Morgan fingerprint density at radius 3 is 2.38 bits per heavy atom. The maximum absolute atomic E-state index is 12.7. The number of benzene rings is 1. The van der Waals surface area contributed by atoms with Gasteiger partial charge < -0.3 is 10.1 Å². The third-order valence-electron chi connectivity index (χ3n) is 6.18. The van der Waals surface area contributed by atoms with Gasteiger partial charge in [0.2, 0.25) is 15.9 Å². The zero-order chi connectivity index (χ0) is 20.9. The maximum Gasteiger partial charge on any atom is 0.243 e. The van der Waals surface area contributed by atoms with Gasteiger partial charge in [0.05, 0.1) is 24.7 Å². The molecule has 0 atom stereocenters. The second-order valence-electron chi connectivity index (χ2n) is 8.24. The van der Waals surface area contributed by atoms with Crippen LogP contribution in [-0.4, -0.2) is 75.5 Å². The van der Waals surface area contributed by atoms with E-state index in [1.165, 1.54) is 13.5 Å². The van der Waals surface area contributed by atoms with Gasteiger partial charge in [-0.25, -0.2) is 8.42 Å². The Morgan fingerprint density at radius 2 is 1.76 bits per heavy atom. The number of hydrogen-bond donors (Lipinski definition) is 1. The first kappa shape index (κ1) is 22.2. The number of amides is 1. The van der Waals surface area contributed by atoms with E-state index in [1.807, 2.05) is 6.92 Å². The van der Waals surface area contributed by atoms with Crippen molar-refractivity contribution in [3.63, 3.8) is 0 Å². The van der Waals surface area contributed by atoms with Crippen molar-refractivity contribution < 1.29 is 17.9 Å². The molecule has 0 aromatic heterocycles. The number of rotatable bonds is 7. The van der Waals surface area contributed by atoms with Gasteiger partial charge in [0.25, 0.3) is 0 Å². The van der Waals surface area contributed by atoms with Crippen molar-refractivity contribution in [1.82, 2.24) is 14.5 Å². The Balaban J connectivity index is 1.60. The van der Waals surface area contributed by atoms with E-state index in [0.29, 0.717) is 6.54 Å². The van der Waals surface area contributed by atoms with Gasteiger partial charge in [-0.05, 0) is 31.9 Å². The molecule has 1 saturated carbocycles. The molecule has 1 amide bonds. The van der Waals surface area contributed by atoms with E-state index in [9.17, 15) is 13.2 Å². The lowest BCUT2D eigenvalue weighted by Gasteiger charge is -2.48. The molecule has 162 valence electrons. The minimum atomic E-state index is -3.68. The molecular weight excluding hydrogens is 390 g/mol. The van der Waals surface area contributed by atoms with Crippen molar-refractivity contribution >= 4 is 15.9 Å². The van der Waals surface area contributed by atoms with Crippen molar-refractivity contribution in [3.8, 4) is 0 Å². The minimum Gasteiger partial charge on any atom is -0.379 e. The van der Waals surface area contributed by atoms with Crippen LogP contribution in [0.15, 0.2) is 29.2 Å². The lowest BCUT2D eigenvalue weighted by molar-refractivity contribution is -0.122. The van der Waals surface area contributed by atoms with Crippen LogP contribution in [0.1, 0.15) is 37.7 Å². The highest BCUT2D eigenvalue weighted by Crippen LogP contribution is 2.33. The number of sulfonamides is 1. The highest BCUT2D eigenvalue weighted by molar-refractivity contribution is 7.89.